The fourth-order valence-electron chi connectivity index (χ4n) is 2.12. The van der Waals surface area contributed by atoms with E-state index in [0.29, 0.717) is 26.2 Å². The number of carbonyl (C=O) groups is 1. The number of thiophene rings is 1. The Kier molecular flexibility index (Phi) is 5.14. The lowest BCUT2D eigenvalue weighted by Gasteiger charge is -2.15. The number of hydrogen-bond acceptors (Lipinski definition) is 5. The summed E-state index contributed by atoms with van der Waals surface area (Å²) >= 11 is 1.16. The van der Waals surface area contributed by atoms with Crippen molar-refractivity contribution in [1.82, 2.24) is 14.9 Å². The van der Waals surface area contributed by atoms with Crippen molar-refractivity contribution in [3.63, 3.8) is 0 Å². The number of likely N-dealkylation sites (N-methyl/N-ethyl adjacent to an activating group) is 1. The van der Waals surface area contributed by atoms with Gasteiger partial charge in [-0.1, -0.05) is 0 Å². The van der Waals surface area contributed by atoms with Crippen LogP contribution in [0.15, 0.2) is 16.3 Å². The molecule has 0 atom stereocenters. The van der Waals surface area contributed by atoms with E-state index < -0.39 is 10.0 Å². The third-order valence-electron chi connectivity index (χ3n) is 3.18. The van der Waals surface area contributed by atoms with Gasteiger partial charge < -0.3 is 10.6 Å². The largest absolute Gasteiger partial charge is 0.350 e. The highest BCUT2D eigenvalue weighted by atomic mass is 32.2. The summed E-state index contributed by atoms with van der Waals surface area (Å²) in [6.07, 6.45) is 1.76. The summed E-state index contributed by atoms with van der Waals surface area (Å²) < 4.78 is 26.4. The normalized spacial score (nSPS) is 16.4. The molecule has 2 rings (SSSR count). The van der Waals surface area contributed by atoms with Crippen molar-refractivity contribution in [3.05, 3.63) is 16.3 Å². The van der Waals surface area contributed by atoms with E-state index in [9.17, 15) is 13.2 Å². The molecule has 20 heavy (non-hydrogen) atoms. The molecule has 2 N–H and O–H groups in total. The Hall–Kier alpha value is -0.960. The molecule has 0 aromatic carbocycles. The summed E-state index contributed by atoms with van der Waals surface area (Å²) in [7, 11) is -1.74. The molecule has 1 fully saturated rings. The molecule has 1 aliphatic rings. The first-order chi connectivity index (χ1) is 9.57. The van der Waals surface area contributed by atoms with Crippen molar-refractivity contribution in [2.75, 3.05) is 33.2 Å². The molecule has 1 aromatic rings. The van der Waals surface area contributed by atoms with E-state index in [0.717, 1.165) is 24.2 Å². The standard InChI is InChI=1S/C12H19N3O3S2/c1-13-5-6-14-12(16)11-10(4-9-19-11)20(17,18)15-7-2-3-8-15/h4,9,13H,2-3,5-8H2,1H3,(H,14,16). The quantitative estimate of drug-likeness (QED) is 0.748. The fourth-order valence-corrected chi connectivity index (χ4v) is 4.95. The van der Waals surface area contributed by atoms with Crippen LogP contribution in [0.3, 0.4) is 0 Å². The number of sulfonamides is 1. The monoisotopic (exact) mass is 317 g/mol. The van der Waals surface area contributed by atoms with Gasteiger partial charge in [-0.2, -0.15) is 4.31 Å². The molecule has 1 aromatic heterocycles. The van der Waals surface area contributed by atoms with E-state index >= 15 is 0 Å². The maximum absolute atomic E-state index is 12.5. The Morgan fingerprint density at radius 1 is 1.35 bits per heavy atom. The lowest BCUT2D eigenvalue weighted by Crippen LogP contribution is -2.32. The maximum atomic E-state index is 12.5. The van der Waals surface area contributed by atoms with Gasteiger partial charge in [-0.3, -0.25) is 4.79 Å². The molecule has 0 saturated carbocycles. The number of nitrogens with one attached hydrogen (secondary N) is 2. The first-order valence-electron chi connectivity index (χ1n) is 6.58. The number of nitrogens with zero attached hydrogens (tertiary/aromatic N) is 1. The minimum Gasteiger partial charge on any atom is -0.350 e. The molecule has 1 saturated heterocycles. The zero-order valence-electron chi connectivity index (χ0n) is 11.4. The van der Waals surface area contributed by atoms with Crippen LogP contribution >= 0.6 is 11.3 Å². The molecule has 0 aliphatic carbocycles. The number of rotatable bonds is 6. The zero-order chi connectivity index (χ0) is 14.6. The van der Waals surface area contributed by atoms with Crippen molar-refractivity contribution in [1.29, 1.82) is 0 Å². The van der Waals surface area contributed by atoms with Gasteiger partial charge >= 0.3 is 0 Å². The molecule has 8 heteroatoms. The summed E-state index contributed by atoms with van der Waals surface area (Å²) in [6, 6.07) is 1.52. The van der Waals surface area contributed by atoms with E-state index in [1.807, 2.05) is 0 Å². The first kappa shape index (κ1) is 15.4. The highest BCUT2D eigenvalue weighted by molar-refractivity contribution is 7.89. The molecule has 0 spiro atoms. The van der Waals surface area contributed by atoms with Gasteiger partial charge in [0.05, 0.1) is 0 Å². The Labute approximate surface area is 123 Å². The highest BCUT2D eigenvalue weighted by Gasteiger charge is 2.31. The van der Waals surface area contributed by atoms with Crippen LogP contribution in [0.2, 0.25) is 0 Å². The van der Waals surface area contributed by atoms with E-state index in [2.05, 4.69) is 10.6 Å². The average molecular weight is 317 g/mol. The molecule has 0 unspecified atom stereocenters. The molecule has 1 aliphatic heterocycles. The van der Waals surface area contributed by atoms with Crippen LogP contribution in [-0.4, -0.2) is 51.9 Å². The third kappa shape index (κ3) is 3.20. The van der Waals surface area contributed by atoms with Crippen LogP contribution in [0.25, 0.3) is 0 Å². The summed E-state index contributed by atoms with van der Waals surface area (Å²) in [5.74, 6) is -0.326. The molecule has 2 heterocycles. The summed E-state index contributed by atoms with van der Waals surface area (Å²) in [5, 5.41) is 7.28. The maximum Gasteiger partial charge on any atom is 0.262 e. The average Bonchev–Trinajstić information content (AvgIpc) is 3.10. The van der Waals surface area contributed by atoms with Gasteiger partial charge in [-0.15, -0.1) is 11.3 Å². The molecule has 112 valence electrons. The second kappa shape index (κ2) is 6.66. The Balaban J connectivity index is 2.17. The van der Waals surface area contributed by atoms with Gasteiger partial charge in [-0.05, 0) is 31.3 Å². The van der Waals surface area contributed by atoms with Crippen molar-refractivity contribution in [3.8, 4) is 0 Å². The Bertz CT molecular complexity index is 562. The zero-order valence-corrected chi connectivity index (χ0v) is 13.0. The Morgan fingerprint density at radius 2 is 2.05 bits per heavy atom. The molecular formula is C12H19N3O3S2. The number of amides is 1. The van der Waals surface area contributed by atoms with Crippen LogP contribution < -0.4 is 10.6 Å². The molecule has 0 bridgehead atoms. The molecular weight excluding hydrogens is 298 g/mol. The van der Waals surface area contributed by atoms with Crippen LogP contribution in [-0.2, 0) is 10.0 Å². The molecule has 6 nitrogen and oxygen atoms in total. The molecule has 0 radical (unpaired) electrons. The first-order valence-corrected chi connectivity index (χ1v) is 8.90. The fraction of sp³-hybridized carbons (Fsp3) is 0.583. The van der Waals surface area contributed by atoms with Crippen LogP contribution in [0.5, 0.6) is 0 Å². The van der Waals surface area contributed by atoms with Gasteiger partial charge in [0.1, 0.15) is 9.77 Å². The summed E-state index contributed by atoms with van der Waals surface area (Å²) in [5.41, 5.74) is 0. The predicted molar refractivity (Wildman–Crippen MR) is 78.6 cm³/mol. The summed E-state index contributed by atoms with van der Waals surface area (Å²) in [6.45, 7) is 2.19. The van der Waals surface area contributed by atoms with Gasteiger partial charge in [0.15, 0.2) is 0 Å². The number of hydrogen-bond donors (Lipinski definition) is 2. The number of carbonyl (C=O) groups excluding carboxylic acids is 1. The predicted octanol–water partition coefficient (Wildman–Crippen LogP) is 0.482. The second-order valence-corrected chi connectivity index (χ2v) is 7.41. The smallest absolute Gasteiger partial charge is 0.262 e. The highest BCUT2D eigenvalue weighted by Crippen LogP contribution is 2.27. The second-order valence-electron chi connectivity index (χ2n) is 4.58. The van der Waals surface area contributed by atoms with Gasteiger partial charge in [-0.25, -0.2) is 8.42 Å². The lowest BCUT2D eigenvalue weighted by molar-refractivity contribution is 0.0955. The van der Waals surface area contributed by atoms with Gasteiger partial charge in [0, 0.05) is 26.2 Å². The van der Waals surface area contributed by atoms with Gasteiger partial charge in [0.2, 0.25) is 10.0 Å². The van der Waals surface area contributed by atoms with Crippen molar-refractivity contribution < 1.29 is 13.2 Å². The van der Waals surface area contributed by atoms with Crippen molar-refractivity contribution >= 4 is 27.3 Å². The third-order valence-corrected chi connectivity index (χ3v) is 6.16. The SMILES string of the molecule is CNCCNC(=O)c1sccc1S(=O)(=O)N1CCCC1. The lowest BCUT2D eigenvalue weighted by atomic mass is 10.4. The van der Waals surface area contributed by atoms with Crippen LogP contribution in [0.4, 0.5) is 0 Å². The van der Waals surface area contributed by atoms with Crippen molar-refractivity contribution in [2.24, 2.45) is 0 Å². The summed E-state index contributed by atoms with van der Waals surface area (Å²) in [4.78, 5) is 12.5. The minimum atomic E-state index is -3.53. The minimum absolute atomic E-state index is 0.131. The van der Waals surface area contributed by atoms with E-state index in [1.54, 1.807) is 12.4 Å². The van der Waals surface area contributed by atoms with Crippen LogP contribution in [0, 0.1) is 0 Å². The van der Waals surface area contributed by atoms with Crippen molar-refractivity contribution in [2.45, 2.75) is 17.7 Å². The molecule has 1 amide bonds. The van der Waals surface area contributed by atoms with Crippen LogP contribution in [0.1, 0.15) is 22.5 Å². The van der Waals surface area contributed by atoms with E-state index in [4.69, 9.17) is 0 Å². The van der Waals surface area contributed by atoms with E-state index in [-0.39, 0.29) is 15.7 Å². The van der Waals surface area contributed by atoms with E-state index in [1.165, 1.54) is 10.4 Å². The van der Waals surface area contributed by atoms with Gasteiger partial charge in [0.25, 0.3) is 5.91 Å². The Morgan fingerprint density at radius 3 is 2.70 bits per heavy atom. The topological polar surface area (TPSA) is 78.5 Å².